The van der Waals surface area contributed by atoms with E-state index in [9.17, 15) is 38.7 Å². The molecule has 0 spiro atoms. The zero-order valence-corrected chi connectivity index (χ0v) is 25.1. The lowest BCUT2D eigenvalue weighted by atomic mass is 10.0. The van der Waals surface area contributed by atoms with Crippen molar-refractivity contribution in [1.29, 1.82) is 0 Å². The molecule has 44 heavy (non-hydrogen) atoms. The number of carboxylic acid groups (broad SMARTS) is 1. The summed E-state index contributed by atoms with van der Waals surface area (Å²) in [5.41, 5.74) is 22.5. The number of amides is 6. The first-order valence-corrected chi connectivity index (χ1v) is 15.0. The molecule has 0 unspecified atom stereocenters. The molecule has 0 radical (unpaired) electrons. The van der Waals surface area contributed by atoms with E-state index in [0.717, 1.165) is 0 Å². The van der Waals surface area contributed by atoms with Gasteiger partial charge in [-0.25, -0.2) is 4.79 Å². The van der Waals surface area contributed by atoms with Crippen molar-refractivity contribution in [1.82, 2.24) is 26.6 Å². The Labute approximate surface area is 256 Å². The van der Waals surface area contributed by atoms with Crippen molar-refractivity contribution in [2.75, 3.05) is 19.6 Å². The van der Waals surface area contributed by atoms with Crippen molar-refractivity contribution in [2.24, 2.45) is 22.9 Å². The Kier molecular flexibility index (Phi) is 18.2. The van der Waals surface area contributed by atoms with Crippen LogP contribution < -0.4 is 49.5 Å². The maximum atomic E-state index is 13.4. The highest BCUT2D eigenvalue weighted by atomic mass is 16.4. The van der Waals surface area contributed by atoms with Gasteiger partial charge in [0.25, 0.3) is 0 Å². The molecule has 6 amide bonds. The quantitative estimate of drug-likeness (QED) is 0.100. The number of nitrogens with one attached hydrogen (secondary N) is 5. The molecular formula is C27H49N9O8. The number of hydrogen-bond donors (Lipinski definition) is 10. The second-order valence-corrected chi connectivity index (χ2v) is 10.8. The molecule has 17 heteroatoms. The van der Waals surface area contributed by atoms with Gasteiger partial charge in [0.2, 0.25) is 35.4 Å². The molecule has 0 aromatic rings. The molecule has 1 fully saturated rings. The molecule has 5 atom stereocenters. The van der Waals surface area contributed by atoms with Crippen LogP contribution in [0, 0.1) is 0 Å². The molecule has 1 aliphatic heterocycles. The van der Waals surface area contributed by atoms with E-state index < -0.39 is 78.0 Å². The topological polar surface area (TPSA) is 304 Å². The summed E-state index contributed by atoms with van der Waals surface area (Å²) in [4.78, 5) is 88.4. The van der Waals surface area contributed by atoms with Gasteiger partial charge in [-0.3, -0.25) is 28.8 Å². The summed E-state index contributed by atoms with van der Waals surface area (Å²) in [6, 6.07) is -6.25. The number of unbranched alkanes of at least 4 members (excludes halogenated alkanes) is 2. The summed E-state index contributed by atoms with van der Waals surface area (Å²) in [6.45, 7) is 0.938. The van der Waals surface area contributed by atoms with Gasteiger partial charge in [-0.1, -0.05) is 0 Å². The molecule has 17 nitrogen and oxygen atoms in total. The van der Waals surface area contributed by atoms with Crippen LogP contribution in [0.4, 0.5) is 0 Å². The SMILES string of the molecule is NCCCC[C@@H]1NC(=O)[C@@H](N)CCCCNC(=O)CC[C@@H](C(=O)O)NC(=O)[C@H](CC(N)=O)NC(=O)[C@@H](CCCCN)NC1=O. The highest BCUT2D eigenvalue weighted by Gasteiger charge is 2.32. The normalized spacial score (nSPS) is 25.3. The van der Waals surface area contributed by atoms with Gasteiger partial charge in [0.15, 0.2) is 0 Å². The molecule has 1 saturated heterocycles. The molecule has 0 aromatic carbocycles. The number of carboxylic acids is 1. The number of rotatable bonds is 11. The third kappa shape index (κ3) is 15.1. The van der Waals surface area contributed by atoms with Gasteiger partial charge in [-0.2, -0.15) is 0 Å². The Morgan fingerprint density at radius 2 is 1.25 bits per heavy atom. The molecule has 0 saturated carbocycles. The minimum absolute atomic E-state index is 0.107. The molecule has 14 N–H and O–H groups in total. The lowest BCUT2D eigenvalue weighted by Crippen LogP contribution is -2.59. The second-order valence-electron chi connectivity index (χ2n) is 10.8. The Bertz CT molecular complexity index is 996. The third-order valence-electron chi connectivity index (χ3n) is 7.07. The zero-order valence-electron chi connectivity index (χ0n) is 25.1. The van der Waals surface area contributed by atoms with E-state index in [1.54, 1.807) is 0 Å². The Hall–Kier alpha value is -3.83. The molecule has 250 valence electrons. The Balaban J connectivity index is 3.35. The van der Waals surface area contributed by atoms with Crippen molar-refractivity contribution in [3.05, 3.63) is 0 Å². The van der Waals surface area contributed by atoms with E-state index in [4.69, 9.17) is 22.9 Å². The second kappa shape index (κ2) is 21.0. The van der Waals surface area contributed by atoms with Crippen LogP contribution in [0.2, 0.25) is 0 Å². The lowest BCUT2D eigenvalue weighted by molar-refractivity contribution is -0.142. The average Bonchev–Trinajstić information content (AvgIpc) is 2.96. The van der Waals surface area contributed by atoms with Gasteiger partial charge < -0.3 is 54.6 Å². The molecular weight excluding hydrogens is 578 g/mol. The van der Waals surface area contributed by atoms with Crippen LogP contribution in [0.15, 0.2) is 0 Å². The standard InChI is InChI=1S/C27H49N9O8/c28-12-4-1-8-17-24(40)34-18(9-2-5-13-29)25(41)36-20(15-21(31)37)26(42)35-19(27(43)44)10-11-22(38)32-14-6-3-7-16(30)23(39)33-17/h16-20H,1-15,28-30H2,(H2,31,37)(H,32,38)(H,33,39)(H,34,40)(H,35,42)(H,36,41)(H,43,44)/t16-,17-,18+,19-,20-/m0/s1. The fourth-order valence-corrected chi connectivity index (χ4v) is 4.50. The van der Waals surface area contributed by atoms with E-state index in [-0.39, 0.29) is 38.6 Å². The van der Waals surface area contributed by atoms with Crippen molar-refractivity contribution < 1.29 is 38.7 Å². The molecule has 1 rings (SSSR count). The molecule has 1 aliphatic rings. The van der Waals surface area contributed by atoms with E-state index in [2.05, 4.69) is 26.6 Å². The largest absolute Gasteiger partial charge is 0.480 e. The molecule has 0 aromatic heterocycles. The first-order valence-electron chi connectivity index (χ1n) is 15.0. The number of nitrogens with two attached hydrogens (primary N) is 4. The van der Waals surface area contributed by atoms with Crippen LogP contribution in [0.1, 0.15) is 77.0 Å². The number of carbonyl (C=O) groups excluding carboxylic acids is 6. The Morgan fingerprint density at radius 1 is 0.727 bits per heavy atom. The van der Waals surface area contributed by atoms with E-state index in [0.29, 0.717) is 51.6 Å². The van der Waals surface area contributed by atoms with Crippen LogP contribution in [0.5, 0.6) is 0 Å². The van der Waals surface area contributed by atoms with Crippen LogP contribution >= 0.6 is 0 Å². The summed E-state index contributed by atoms with van der Waals surface area (Å²) in [5.74, 6) is -5.90. The molecule has 0 bridgehead atoms. The first kappa shape index (κ1) is 38.2. The fourth-order valence-electron chi connectivity index (χ4n) is 4.50. The molecule has 0 aliphatic carbocycles. The third-order valence-corrected chi connectivity index (χ3v) is 7.07. The number of carbonyl (C=O) groups is 7. The van der Waals surface area contributed by atoms with Crippen LogP contribution in [0.25, 0.3) is 0 Å². The number of primary amides is 1. The summed E-state index contributed by atoms with van der Waals surface area (Å²) < 4.78 is 0. The summed E-state index contributed by atoms with van der Waals surface area (Å²) in [6.07, 6.45) is 2.43. The monoisotopic (exact) mass is 627 g/mol. The van der Waals surface area contributed by atoms with Gasteiger partial charge in [-0.15, -0.1) is 0 Å². The van der Waals surface area contributed by atoms with Gasteiger partial charge >= 0.3 is 5.97 Å². The fraction of sp³-hybridized carbons (Fsp3) is 0.741. The van der Waals surface area contributed by atoms with Crippen LogP contribution in [-0.4, -0.2) is 96.4 Å². The minimum Gasteiger partial charge on any atom is -0.480 e. The minimum atomic E-state index is -1.57. The number of aliphatic carboxylic acids is 1. The van der Waals surface area contributed by atoms with Crippen LogP contribution in [0.3, 0.4) is 0 Å². The maximum absolute atomic E-state index is 13.4. The van der Waals surface area contributed by atoms with Gasteiger partial charge in [0.05, 0.1) is 12.5 Å². The van der Waals surface area contributed by atoms with E-state index >= 15 is 0 Å². The van der Waals surface area contributed by atoms with Gasteiger partial charge in [0.1, 0.15) is 24.2 Å². The predicted molar refractivity (Wildman–Crippen MR) is 159 cm³/mol. The summed E-state index contributed by atoms with van der Waals surface area (Å²) >= 11 is 0. The number of hydrogen-bond acceptors (Lipinski definition) is 10. The van der Waals surface area contributed by atoms with Crippen molar-refractivity contribution in [3.63, 3.8) is 0 Å². The highest BCUT2D eigenvalue weighted by molar-refractivity contribution is 5.97. The molecule has 1 heterocycles. The average molecular weight is 628 g/mol. The van der Waals surface area contributed by atoms with Gasteiger partial charge in [-0.05, 0) is 77.3 Å². The Morgan fingerprint density at radius 3 is 1.77 bits per heavy atom. The summed E-state index contributed by atoms with van der Waals surface area (Å²) in [5, 5.41) is 22.2. The van der Waals surface area contributed by atoms with E-state index in [1.165, 1.54) is 0 Å². The first-order chi connectivity index (χ1) is 20.9. The zero-order chi connectivity index (χ0) is 33.1. The van der Waals surface area contributed by atoms with Crippen LogP contribution in [-0.2, 0) is 33.6 Å². The lowest BCUT2D eigenvalue weighted by Gasteiger charge is -2.26. The van der Waals surface area contributed by atoms with Gasteiger partial charge in [0, 0.05) is 13.0 Å². The highest BCUT2D eigenvalue weighted by Crippen LogP contribution is 2.09. The maximum Gasteiger partial charge on any atom is 0.326 e. The smallest absolute Gasteiger partial charge is 0.326 e. The van der Waals surface area contributed by atoms with Crippen molar-refractivity contribution >= 4 is 41.4 Å². The summed E-state index contributed by atoms with van der Waals surface area (Å²) in [7, 11) is 0. The predicted octanol–water partition coefficient (Wildman–Crippen LogP) is -3.45. The van der Waals surface area contributed by atoms with E-state index in [1.807, 2.05) is 0 Å². The van der Waals surface area contributed by atoms with Crippen molar-refractivity contribution in [2.45, 2.75) is 107 Å². The van der Waals surface area contributed by atoms with Crippen molar-refractivity contribution in [3.8, 4) is 0 Å².